The summed E-state index contributed by atoms with van der Waals surface area (Å²) in [4.78, 5) is 44.1. The van der Waals surface area contributed by atoms with Crippen LogP contribution in [0.2, 0.25) is 0 Å². The molecule has 0 saturated carbocycles. The van der Waals surface area contributed by atoms with E-state index in [1.165, 1.54) is 18.0 Å². The fraction of sp³-hybridized carbons (Fsp3) is 0.435. The van der Waals surface area contributed by atoms with Crippen LogP contribution in [0.1, 0.15) is 53.7 Å². The first-order chi connectivity index (χ1) is 15.5. The van der Waals surface area contributed by atoms with Crippen molar-refractivity contribution in [3.8, 4) is 0 Å². The Bertz CT molecular complexity index is 935. The van der Waals surface area contributed by atoms with Gasteiger partial charge >= 0.3 is 5.97 Å². The molecule has 0 fully saturated rings. The van der Waals surface area contributed by atoms with Gasteiger partial charge in [-0.1, -0.05) is 6.07 Å². The van der Waals surface area contributed by atoms with Crippen molar-refractivity contribution in [2.75, 3.05) is 18.4 Å². The molecule has 1 aliphatic rings. The third-order valence-corrected chi connectivity index (χ3v) is 5.32. The van der Waals surface area contributed by atoms with Crippen molar-refractivity contribution in [3.63, 3.8) is 0 Å². The van der Waals surface area contributed by atoms with Gasteiger partial charge in [0.05, 0.1) is 5.56 Å². The number of amides is 2. The lowest BCUT2D eigenvalue weighted by Crippen LogP contribution is -2.43. The number of fused-ring (bicyclic) bond motifs is 1. The minimum Gasteiger partial charge on any atom is -0.480 e. The molecule has 9 nitrogen and oxygen atoms in total. The molecule has 2 aromatic heterocycles. The summed E-state index contributed by atoms with van der Waals surface area (Å²) in [6.07, 6.45) is 7.93. The van der Waals surface area contributed by atoms with E-state index in [0.717, 1.165) is 50.2 Å². The van der Waals surface area contributed by atoms with Crippen LogP contribution in [-0.4, -0.2) is 52.0 Å². The Morgan fingerprint density at radius 2 is 2.06 bits per heavy atom. The lowest BCUT2D eigenvalue weighted by molar-refractivity contribution is -0.139. The molecule has 4 N–H and O–H groups in total. The number of pyridine rings is 2. The normalized spacial score (nSPS) is 13.4. The van der Waals surface area contributed by atoms with E-state index in [1.807, 2.05) is 0 Å². The Hall–Kier alpha value is -3.49. The number of hydrogen-bond donors (Lipinski definition) is 4. The van der Waals surface area contributed by atoms with Crippen LogP contribution < -0.4 is 16.0 Å². The van der Waals surface area contributed by atoms with Crippen LogP contribution in [0.4, 0.5) is 5.82 Å². The second kappa shape index (κ2) is 11.8. The van der Waals surface area contributed by atoms with Crippen molar-refractivity contribution in [2.24, 2.45) is 0 Å². The molecule has 2 aromatic rings. The number of carbonyl (C=O) groups is 3. The van der Waals surface area contributed by atoms with E-state index in [1.54, 1.807) is 12.1 Å². The summed E-state index contributed by atoms with van der Waals surface area (Å²) in [5.41, 5.74) is 2.56. The lowest BCUT2D eigenvalue weighted by atomic mass is 10.1. The maximum Gasteiger partial charge on any atom is 0.326 e. The molecule has 32 heavy (non-hydrogen) atoms. The molecule has 0 radical (unpaired) electrons. The Balaban J connectivity index is 1.33. The summed E-state index contributed by atoms with van der Waals surface area (Å²) in [6.45, 7) is 1.13. The van der Waals surface area contributed by atoms with E-state index >= 15 is 0 Å². The molecule has 0 spiro atoms. The Labute approximate surface area is 187 Å². The van der Waals surface area contributed by atoms with E-state index in [2.05, 4.69) is 38.1 Å². The van der Waals surface area contributed by atoms with Crippen LogP contribution in [-0.2, 0) is 22.4 Å². The number of nitrogens with zero attached hydrogens (tertiary/aromatic N) is 2. The molecule has 170 valence electrons. The van der Waals surface area contributed by atoms with Crippen LogP contribution >= 0.6 is 0 Å². The third-order valence-electron chi connectivity index (χ3n) is 5.32. The van der Waals surface area contributed by atoms with Gasteiger partial charge in [-0.15, -0.1) is 0 Å². The minimum atomic E-state index is -1.15. The molecule has 1 aliphatic heterocycles. The van der Waals surface area contributed by atoms with Crippen LogP contribution in [0.25, 0.3) is 0 Å². The molecule has 3 rings (SSSR count). The van der Waals surface area contributed by atoms with E-state index in [0.29, 0.717) is 6.42 Å². The standard InChI is InChI=1S/C23H29N5O4/c29-20(8-2-1-7-18-10-9-16-5-4-13-26-21(16)27-18)25-14-11-19(23(31)32)28-22(30)17-6-3-12-24-15-17/h3,6,9-10,12,15,19H,1-2,4-5,7-8,11,13-14H2,(H,25,29)(H,26,27)(H,28,30)(H,31,32). The van der Waals surface area contributed by atoms with Gasteiger partial charge in [0, 0.05) is 37.6 Å². The van der Waals surface area contributed by atoms with Gasteiger partial charge in [0.25, 0.3) is 5.91 Å². The molecule has 0 aromatic carbocycles. The minimum absolute atomic E-state index is 0.0964. The zero-order valence-corrected chi connectivity index (χ0v) is 18.0. The first-order valence-corrected chi connectivity index (χ1v) is 11.0. The Kier molecular flexibility index (Phi) is 8.53. The Morgan fingerprint density at radius 1 is 1.19 bits per heavy atom. The molecular weight excluding hydrogens is 410 g/mol. The van der Waals surface area contributed by atoms with Crippen molar-refractivity contribution in [1.29, 1.82) is 0 Å². The SMILES string of the molecule is O=C(CCCCc1ccc2c(n1)NCCC2)NCCC(NC(=O)c1cccnc1)C(=O)O. The average molecular weight is 440 g/mol. The number of unbranched alkanes of at least 4 members (excludes halogenated alkanes) is 1. The van der Waals surface area contributed by atoms with Gasteiger partial charge in [0.2, 0.25) is 5.91 Å². The van der Waals surface area contributed by atoms with Gasteiger partial charge in [-0.05, 0) is 62.3 Å². The first kappa shape index (κ1) is 23.2. The van der Waals surface area contributed by atoms with E-state index in [-0.39, 0.29) is 24.4 Å². The fourth-order valence-corrected chi connectivity index (χ4v) is 3.54. The number of aryl methyl sites for hydroxylation is 2. The highest BCUT2D eigenvalue weighted by Gasteiger charge is 2.20. The second-order valence-electron chi connectivity index (χ2n) is 7.79. The predicted molar refractivity (Wildman–Crippen MR) is 119 cm³/mol. The average Bonchev–Trinajstić information content (AvgIpc) is 2.81. The molecular formula is C23H29N5O4. The number of aliphatic carboxylic acids is 1. The molecule has 0 bridgehead atoms. The monoisotopic (exact) mass is 439 g/mol. The van der Waals surface area contributed by atoms with E-state index < -0.39 is 17.9 Å². The summed E-state index contributed by atoms with van der Waals surface area (Å²) in [5, 5.41) is 17.8. The maximum atomic E-state index is 12.1. The van der Waals surface area contributed by atoms with Gasteiger partial charge in [0.1, 0.15) is 11.9 Å². The summed E-state index contributed by atoms with van der Waals surface area (Å²) >= 11 is 0. The molecule has 2 amide bonds. The number of carboxylic acid groups (broad SMARTS) is 1. The quantitative estimate of drug-likeness (QED) is 0.393. The predicted octanol–water partition coefficient (Wildman–Crippen LogP) is 1.94. The third kappa shape index (κ3) is 7.04. The number of carboxylic acids is 1. The number of hydrogen-bond acceptors (Lipinski definition) is 6. The van der Waals surface area contributed by atoms with Gasteiger partial charge in [-0.2, -0.15) is 0 Å². The van der Waals surface area contributed by atoms with Crippen molar-refractivity contribution in [2.45, 2.75) is 51.0 Å². The van der Waals surface area contributed by atoms with Crippen LogP contribution in [0, 0.1) is 0 Å². The second-order valence-corrected chi connectivity index (χ2v) is 7.79. The van der Waals surface area contributed by atoms with Crippen LogP contribution in [0.5, 0.6) is 0 Å². The number of nitrogens with one attached hydrogen (secondary N) is 3. The molecule has 0 saturated heterocycles. The van der Waals surface area contributed by atoms with Gasteiger partial charge < -0.3 is 21.1 Å². The summed E-state index contributed by atoms with van der Waals surface area (Å²) in [7, 11) is 0. The highest BCUT2D eigenvalue weighted by atomic mass is 16.4. The molecule has 0 aliphatic carbocycles. The topological polar surface area (TPSA) is 133 Å². The zero-order chi connectivity index (χ0) is 22.8. The van der Waals surface area contributed by atoms with Crippen molar-refractivity contribution < 1.29 is 19.5 Å². The molecule has 3 heterocycles. The highest BCUT2D eigenvalue weighted by molar-refractivity contribution is 5.96. The number of anilines is 1. The number of carbonyl (C=O) groups excluding carboxylic acids is 2. The summed E-state index contributed by atoms with van der Waals surface area (Å²) in [6, 6.07) is 6.25. The zero-order valence-electron chi connectivity index (χ0n) is 18.0. The van der Waals surface area contributed by atoms with E-state index in [4.69, 9.17) is 0 Å². The number of rotatable bonds is 11. The first-order valence-electron chi connectivity index (χ1n) is 11.0. The van der Waals surface area contributed by atoms with Crippen molar-refractivity contribution >= 4 is 23.6 Å². The van der Waals surface area contributed by atoms with Crippen LogP contribution in [0.15, 0.2) is 36.7 Å². The van der Waals surface area contributed by atoms with Crippen LogP contribution in [0.3, 0.4) is 0 Å². The molecule has 9 heteroatoms. The highest BCUT2D eigenvalue weighted by Crippen LogP contribution is 2.20. The molecule has 1 unspecified atom stereocenters. The van der Waals surface area contributed by atoms with E-state index in [9.17, 15) is 19.5 Å². The number of aromatic nitrogens is 2. The van der Waals surface area contributed by atoms with Gasteiger partial charge in [0.15, 0.2) is 0 Å². The Morgan fingerprint density at radius 3 is 2.84 bits per heavy atom. The van der Waals surface area contributed by atoms with Gasteiger partial charge in [-0.25, -0.2) is 9.78 Å². The smallest absolute Gasteiger partial charge is 0.326 e. The largest absolute Gasteiger partial charge is 0.480 e. The fourth-order valence-electron chi connectivity index (χ4n) is 3.54. The lowest BCUT2D eigenvalue weighted by Gasteiger charge is -2.17. The molecule has 1 atom stereocenters. The maximum absolute atomic E-state index is 12.1. The van der Waals surface area contributed by atoms with Crippen molar-refractivity contribution in [1.82, 2.24) is 20.6 Å². The summed E-state index contributed by atoms with van der Waals surface area (Å²) in [5.74, 6) is -0.811. The summed E-state index contributed by atoms with van der Waals surface area (Å²) < 4.78 is 0. The van der Waals surface area contributed by atoms with Crippen molar-refractivity contribution in [3.05, 3.63) is 53.5 Å². The van der Waals surface area contributed by atoms with Gasteiger partial charge in [-0.3, -0.25) is 14.6 Å².